The summed E-state index contributed by atoms with van der Waals surface area (Å²) in [6.45, 7) is 3.29. The van der Waals surface area contributed by atoms with Crippen LogP contribution in [-0.4, -0.2) is 18.2 Å². The van der Waals surface area contributed by atoms with E-state index in [0.717, 1.165) is 12.5 Å². The van der Waals surface area contributed by atoms with Crippen LogP contribution in [0.3, 0.4) is 0 Å². The number of rotatable bonds is 7. The highest BCUT2D eigenvalue weighted by Crippen LogP contribution is 2.48. The number of ether oxygens (including phenoxy) is 1. The third-order valence-corrected chi connectivity index (χ3v) is 3.71. The number of halogens is 4. The van der Waals surface area contributed by atoms with Gasteiger partial charge in [0.2, 0.25) is 0 Å². The van der Waals surface area contributed by atoms with Crippen molar-refractivity contribution in [2.45, 2.75) is 51.6 Å². The topological polar surface area (TPSA) is 50.1 Å². The number of alkyl halides is 1. The highest BCUT2D eigenvalue weighted by molar-refractivity contribution is 5.71. The van der Waals surface area contributed by atoms with E-state index in [4.69, 9.17) is 5.26 Å². The van der Waals surface area contributed by atoms with Gasteiger partial charge in [-0.15, -0.1) is 0 Å². The summed E-state index contributed by atoms with van der Waals surface area (Å²) >= 11 is 0. The highest BCUT2D eigenvalue weighted by Gasteiger charge is 2.53. The Labute approximate surface area is 132 Å². The molecule has 1 aliphatic rings. The van der Waals surface area contributed by atoms with Gasteiger partial charge in [-0.25, -0.2) is 17.6 Å². The number of carbonyl (C=O) groups excluding carboxylic acids is 1. The zero-order chi connectivity index (χ0) is 17.6. The molecule has 2 atom stereocenters. The van der Waals surface area contributed by atoms with Crippen molar-refractivity contribution in [3.05, 3.63) is 23.1 Å². The molecule has 0 bridgehead atoms. The minimum atomic E-state index is -3.41. The molecule has 1 rings (SSSR count). The Hall–Kier alpha value is -1.84. The molecule has 7 heteroatoms. The van der Waals surface area contributed by atoms with Crippen LogP contribution in [0.5, 0.6) is 0 Å². The molecule has 128 valence electrons. The fourth-order valence-corrected chi connectivity index (χ4v) is 2.46. The Morgan fingerprint density at radius 2 is 1.96 bits per heavy atom. The Morgan fingerprint density at radius 1 is 1.30 bits per heavy atom. The maximum Gasteiger partial charge on any atom is 0.306 e. The van der Waals surface area contributed by atoms with Crippen LogP contribution < -0.4 is 0 Å². The third-order valence-electron chi connectivity index (χ3n) is 3.71. The van der Waals surface area contributed by atoms with Crippen molar-refractivity contribution >= 4 is 5.97 Å². The van der Waals surface area contributed by atoms with Gasteiger partial charge in [-0.3, -0.25) is 4.79 Å². The quantitative estimate of drug-likeness (QED) is 0.383. The van der Waals surface area contributed by atoms with E-state index >= 15 is 0 Å². The van der Waals surface area contributed by atoms with Gasteiger partial charge in [0.05, 0.1) is 18.9 Å². The molecule has 0 aromatic heterocycles. The molecule has 0 amide bonds. The van der Waals surface area contributed by atoms with Crippen molar-refractivity contribution < 1.29 is 27.1 Å². The average Bonchev–Trinajstić information content (AvgIpc) is 2.53. The van der Waals surface area contributed by atoms with Crippen LogP contribution in [0, 0.1) is 17.2 Å². The van der Waals surface area contributed by atoms with Crippen LogP contribution in [0.1, 0.15) is 46.0 Å². The molecular formula is C16H19F4NO2. The number of nitriles is 1. The van der Waals surface area contributed by atoms with Crippen LogP contribution >= 0.6 is 0 Å². The lowest BCUT2D eigenvalue weighted by atomic mass is 9.78. The lowest BCUT2D eigenvalue weighted by Crippen LogP contribution is -2.38. The molecule has 0 saturated carbocycles. The number of nitrogens with zero attached hydrogens (tertiary/aromatic N) is 1. The van der Waals surface area contributed by atoms with E-state index < -0.39 is 47.0 Å². The number of allylic oxidation sites excluding steroid dienone is 4. The summed E-state index contributed by atoms with van der Waals surface area (Å²) < 4.78 is 61.8. The standard InChI is InChI=1S/C16H19F4NO2/c1-3-5-6-7-10-13(17)14(18)11(8-12(22)23-4-2)16(20,9-21)15(10)19/h11H,3-8H2,1-2H3. The summed E-state index contributed by atoms with van der Waals surface area (Å²) in [6.07, 6.45) is 0.562. The molecule has 3 nitrogen and oxygen atoms in total. The van der Waals surface area contributed by atoms with Crippen molar-refractivity contribution in [2.24, 2.45) is 5.92 Å². The van der Waals surface area contributed by atoms with Crippen LogP contribution in [0.2, 0.25) is 0 Å². The summed E-state index contributed by atoms with van der Waals surface area (Å²) in [5.74, 6) is -7.99. The molecule has 0 aromatic rings. The predicted molar refractivity (Wildman–Crippen MR) is 75.7 cm³/mol. The second-order valence-corrected chi connectivity index (χ2v) is 5.30. The van der Waals surface area contributed by atoms with Crippen molar-refractivity contribution in [3.8, 4) is 6.07 Å². The SMILES string of the molecule is CCCCCC1=C(F)C(F)(C#N)C(CC(=O)OCC)C(F)=C1F. The second kappa shape index (κ2) is 8.14. The molecule has 0 heterocycles. The Kier molecular flexibility index (Phi) is 6.79. The number of esters is 1. The van der Waals surface area contributed by atoms with E-state index in [1.165, 1.54) is 6.92 Å². The largest absolute Gasteiger partial charge is 0.466 e. The molecule has 0 aliphatic heterocycles. The van der Waals surface area contributed by atoms with Crippen LogP contribution in [0.15, 0.2) is 23.1 Å². The average molecular weight is 333 g/mol. The van der Waals surface area contributed by atoms with Crippen LogP contribution in [-0.2, 0) is 9.53 Å². The van der Waals surface area contributed by atoms with E-state index in [1.807, 2.05) is 6.92 Å². The van der Waals surface area contributed by atoms with Gasteiger partial charge in [0, 0.05) is 5.57 Å². The summed E-state index contributed by atoms with van der Waals surface area (Å²) in [5, 5.41) is 8.96. The first-order valence-electron chi connectivity index (χ1n) is 7.53. The summed E-state index contributed by atoms with van der Waals surface area (Å²) in [5.41, 5.74) is -4.17. The zero-order valence-electron chi connectivity index (χ0n) is 13.1. The minimum Gasteiger partial charge on any atom is -0.466 e. The molecule has 2 unspecified atom stereocenters. The van der Waals surface area contributed by atoms with Crippen molar-refractivity contribution in [2.75, 3.05) is 6.61 Å². The maximum atomic E-state index is 14.7. The van der Waals surface area contributed by atoms with Crippen molar-refractivity contribution in [1.29, 1.82) is 5.26 Å². The lowest BCUT2D eigenvalue weighted by molar-refractivity contribution is -0.145. The van der Waals surface area contributed by atoms with E-state index in [2.05, 4.69) is 4.74 Å². The van der Waals surface area contributed by atoms with Gasteiger partial charge in [-0.1, -0.05) is 19.8 Å². The normalized spacial score (nSPS) is 24.7. The van der Waals surface area contributed by atoms with Gasteiger partial charge in [-0.2, -0.15) is 5.26 Å². The maximum absolute atomic E-state index is 14.7. The zero-order valence-corrected chi connectivity index (χ0v) is 13.1. The number of unbranched alkanes of at least 4 members (excludes halogenated alkanes) is 2. The van der Waals surface area contributed by atoms with Gasteiger partial charge >= 0.3 is 5.97 Å². The third kappa shape index (κ3) is 3.92. The second-order valence-electron chi connectivity index (χ2n) is 5.30. The Bertz CT molecular complexity index is 565. The number of hydrogen-bond donors (Lipinski definition) is 0. The van der Waals surface area contributed by atoms with Gasteiger partial charge in [0.25, 0.3) is 5.67 Å². The summed E-state index contributed by atoms with van der Waals surface area (Å²) in [4.78, 5) is 11.4. The summed E-state index contributed by atoms with van der Waals surface area (Å²) in [6, 6.07) is 1.05. The molecule has 23 heavy (non-hydrogen) atoms. The van der Waals surface area contributed by atoms with E-state index in [1.54, 1.807) is 0 Å². The van der Waals surface area contributed by atoms with E-state index in [-0.39, 0.29) is 13.0 Å². The Balaban J connectivity index is 3.19. The predicted octanol–water partition coefficient (Wildman–Crippen LogP) is 4.76. The van der Waals surface area contributed by atoms with Crippen LogP contribution in [0.4, 0.5) is 17.6 Å². The van der Waals surface area contributed by atoms with Gasteiger partial charge in [0.1, 0.15) is 11.9 Å². The molecule has 0 saturated heterocycles. The first kappa shape index (κ1) is 19.2. The van der Waals surface area contributed by atoms with E-state index in [9.17, 15) is 22.4 Å². The Morgan fingerprint density at radius 3 is 2.48 bits per heavy atom. The smallest absolute Gasteiger partial charge is 0.306 e. The highest BCUT2D eigenvalue weighted by atomic mass is 19.2. The fourth-order valence-electron chi connectivity index (χ4n) is 2.46. The molecular weight excluding hydrogens is 314 g/mol. The van der Waals surface area contributed by atoms with Gasteiger partial charge < -0.3 is 4.74 Å². The molecule has 0 aromatic carbocycles. The van der Waals surface area contributed by atoms with Crippen molar-refractivity contribution in [1.82, 2.24) is 0 Å². The molecule has 0 spiro atoms. The summed E-state index contributed by atoms with van der Waals surface area (Å²) in [7, 11) is 0. The number of hydrogen-bond acceptors (Lipinski definition) is 3. The monoisotopic (exact) mass is 333 g/mol. The van der Waals surface area contributed by atoms with Gasteiger partial charge in [-0.05, 0) is 19.8 Å². The molecule has 0 fully saturated rings. The van der Waals surface area contributed by atoms with Gasteiger partial charge in [0.15, 0.2) is 11.7 Å². The first-order valence-corrected chi connectivity index (χ1v) is 7.53. The van der Waals surface area contributed by atoms with E-state index in [0.29, 0.717) is 12.8 Å². The minimum absolute atomic E-state index is 0.0498. The molecule has 0 radical (unpaired) electrons. The van der Waals surface area contributed by atoms with Crippen LogP contribution in [0.25, 0.3) is 0 Å². The lowest BCUT2D eigenvalue weighted by Gasteiger charge is -2.30. The number of carbonyl (C=O) groups is 1. The molecule has 1 aliphatic carbocycles. The van der Waals surface area contributed by atoms with Crippen molar-refractivity contribution in [3.63, 3.8) is 0 Å². The molecule has 0 N–H and O–H groups in total. The fraction of sp³-hybridized carbons (Fsp3) is 0.625. The first-order chi connectivity index (χ1) is 10.8.